The Morgan fingerprint density at radius 3 is 2.71 bits per heavy atom. The summed E-state index contributed by atoms with van der Waals surface area (Å²) in [7, 11) is 0. The molecule has 1 saturated carbocycles. The number of nitrogens with one attached hydrogen (secondary N) is 1. The largest absolute Gasteiger partial charge is 0.313 e. The number of hydrogen-bond acceptors (Lipinski definition) is 3. The van der Waals surface area contributed by atoms with Crippen molar-refractivity contribution in [2.45, 2.75) is 45.1 Å². The number of hydrogen-bond donors (Lipinski definition) is 1. The van der Waals surface area contributed by atoms with Crippen molar-refractivity contribution in [2.24, 2.45) is 0 Å². The first-order valence-electron chi connectivity index (χ1n) is 7.54. The van der Waals surface area contributed by atoms with Crippen LogP contribution in [0.2, 0.25) is 5.02 Å². The molecule has 1 atom stereocenters. The first-order valence-corrected chi connectivity index (χ1v) is 8.73. The molecule has 0 aliphatic heterocycles. The first-order chi connectivity index (χ1) is 10.1. The van der Waals surface area contributed by atoms with E-state index in [1.807, 2.05) is 23.5 Å². The normalized spacial score (nSPS) is 16.1. The molecule has 1 aromatic carbocycles. The van der Waals surface area contributed by atoms with Crippen LogP contribution in [0.3, 0.4) is 0 Å². The Labute approximate surface area is 135 Å². The number of rotatable bonds is 6. The average Bonchev–Trinajstić information content (AvgIpc) is 3.22. The lowest BCUT2D eigenvalue weighted by atomic mass is 9.95. The summed E-state index contributed by atoms with van der Waals surface area (Å²) in [5.41, 5.74) is 2.39. The maximum absolute atomic E-state index is 6.41. The first kappa shape index (κ1) is 15.0. The minimum Gasteiger partial charge on any atom is -0.313 e. The van der Waals surface area contributed by atoms with Gasteiger partial charge in [0, 0.05) is 34.8 Å². The molecule has 3 rings (SSSR count). The minimum absolute atomic E-state index is 0.393. The van der Waals surface area contributed by atoms with E-state index in [2.05, 4.69) is 31.3 Å². The second-order valence-electron chi connectivity index (χ2n) is 5.85. The second-order valence-corrected chi connectivity index (χ2v) is 7.55. The molecule has 0 bridgehead atoms. The van der Waals surface area contributed by atoms with Gasteiger partial charge in [-0.15, -0.1) is 11.3 Å². The summed E-state index contributed by atoms with van der Waals surface area (Å²) in [6.45, 7) is 5.21. The second kappa shape index (κ2) is 6.47. The van der Waals surface area contributed by atoms with E-state index in [-0.39, 0.29) is 0 Å². The van der Waals surface area contributed by atoms with Gasteiger partial charge in [-0.2, -0.15) is 0 Å². The van der Waals surface area contributed by atoms with Gasteiger partial charge >= 0.3 is 0 Å². The quantitative estimate of drug-likeness (QED) is 0.848. The maximum Gasteiger partial charge on any atom is 0.0937 e. The summed E-state index contributed by atoms with van der Waals surface area (Å²) < 4.78 is 0. The highest BCUT2D eigenvalue weighted by Crippen LogP contribution is 2.30. The molecule has 0 amide bonds. The summed E-state index contributed by atoms with van der Waals surface area (Å²) in [6, 6.07) is 8.92. The minimum atomic E-state index is 0.393. The average molecular weight is 321 g/mol. The Bertz CT molecular complexity index is 600. The van der Waals surface area contributed by atoms with Gasteiger partial charge in [-0.1, -0.05) is 29.8 Å². The zero-order valence-corrected chi connectivity index (χ0v) is 14.1. The molecule has 112 valence electrons. The summed E-state index contributed by atoms with van der Waals surface area (Å²) in [6.07, 6.45) is 3.58. The molecular formula is C17H21ClN2S. The zero-order chi connectivity index (χ0) is 14.8. The number of nitrogens with zero attached hydrogens (tertiary/aromatic N) is 1. The Balaban J connectivity index is 1.79. The molecular weight excluding hydrogens is 300 g/mol. The molecule has 0 spiro atoms. The molecule has 1 aliphatic rings. The van der Waals surface area contributed by atoms with E-state index in [0.29, 0.717) is 5.92 Å². The maximum atomic E-state index is 6.41. The van der Waals surface area contributed by atoms with E-state index < -0.39 is 0 Å². The van der Waals surface area contributed by atoms with Gasteiger partial charge in [0.2, 0.25) is 0 Å². The van der Waals surface area contributed by atoms with Crippen LogP contribution in [-0.4, -0.2) is 17.6 Å². The molecule has 1 heterocycles. The molecule has 0 saturated heterocycles. The van der Waals surface area contributed by atoms with Gasteiger partial charge in [0.05, 0.1) is 10.7 Å². The highest BCUT2D eigenvalue weighted by molar-refractivity contribution is 7.11. The molecule has 4 heteroatoms. The smallest absolute Gasteiger partial charge is 0.0937 e. The van der Waals surface area contributed by atoms with Gasteiger partial charge in [0.15, 0.2) is 0 Å². The molecule has 1 N–H and O–H groups in total. The van der Waals surface area contributed by atoms with Gasteiger partial charge in [-0.25, -0.2) is 4.98 Å². The molecule has 1 fully saturated rings. The van der Waals surface area contributed by atoms with Crippen molar-refractivity contribution < 1.29 is 0 Å². The van der Waals surface area contributed by atoms with Gasteiger partial charge in [0.1, 0.15) is 0 Å². The van der Waals surface area contributed by atoms with Crippen molar-refractivity contribution in [3.05, 3.63) is 50.4 Å². The molecule has 1 aromatic heterocycles. The van der Waals surface area contributed by atoms with Gasteiger partial charge < -0.3 is 5.32 Å². The number of halogens is 1. The van der Waals surface area contributed by atoms with Crippen LogP contribution < -0.4 is 5.32 Å². The summed E-state index contributed by atoms with van der Waals surface area (Å²) in [5, 5.41) is 5.72. The van der Waals surface area contributed by atoms with E-state index in [0.717, 1.165) is 29.7 Å². The molecule has 1 aliphatic carbocycles. The highest BCUT2D eigenvalue weighted by atomic mass is 35.5. The van der Waals surface area contributed by atoms with Crippen molar-refractivity contribution in [3.8, 4) is 0 Å². The Morgan fingerprint density at radius 2 is 2.10 bits per heavy atom. The lowest BCUT2D eigenvalue weighted by Gasteiger charge is -2.18. The molecule has 1 unspecified atom stereocenters. The lowest BCUT2D eigenvalue weighted by Crippen LogP contribution is -2.25. The van der Waals surface area contributed by atoms with E-state index >= 15 is 0 Å². The van der Waals surface area contributed by atoms with E-state index in [9.17, 15) is 0 Å². The lowest BCUT2D eigenvalue weighted by molar-refractivity contribution is 0.576. The predicted molar refractivity (Wildman–Crippen MR) is 90.5 cm³/mol. The van der Waals surface area contributed by atoms with E-state index in [4.69, 9.17) is 16.6 Å². The van der Waals surface area contributed by atoms with Crippen LogP contribution in [0.4, 0.5) is 0 Å². The van der Waals surface area contributed by atoms with Crippen LogP contribution in [0.25, 0.3) is 0 Å². The standard InChI is InChI=1S/C17H21ClN2S/c1-11-12(2)21-17(20-11)9-13(10-19-14-7-8-14)15-5-3-4-6-16(15)18/h3-6,13-14,19H,7-10H2,1-2H3. The van der Waals surface area contributed by atoms with Gasteiger partial charge in [0.25, 0.3) is 0 Å². The third-order valence-electron chi connectivity index (χ3n) is 4.07. The fourth-order valence-corrected chi connectivity index (χ4v) is 3.84. The Kier molecular flexibility index (Phi) is 4.63. The fourth-order valence-electron chi connectivity index (χ4n) is 2.53. The van der Waals surface area contributed by atoms with Crippen molar-refractivity contribution in [1.82, 2.24) is 10.3 Å². The van der Waals surface area contributed by atoms with E-state index in [1.54, 1.807) is 0 Å². The zero-order valence-electron chi connectivity index (χ0n) is 12.5. The van der Waals surface area contributed by atoms with Crippen LogP contribution in [-0.2, 0) is 6.42 Å². The third kappa shape index (κ3) is 3.85. The van der Waals surface area contributed by atoms with Gasteiger partial charge in [-0.3, -0.25) is 0 Å². The number of aromatic nitrogens is 1. The number of thiazole rings is 1. The molecule has 21 heavy (non-hydrogen) atoms. The van der Waals surface area contributed by atoms with Crippen molar-refractivity contribution in [1.29, 1.82) is 0 Å². The topological polar surface area (TPSA) is 24.9 Å². The van der Waals surface area contributed by atoms with Crippen molar-refractivity contribution in [3.63, 3.8) is 0 Å². The Morgan fingerprint density at radius 1 is 1.33 bits per heavy atom. The Hall–Kier alpha value is -0.900. The summed E-state index contributed by atoms with van der Waals surface area (Å²) >= 11 is 8.22. The van der Waals surface area contributed by atoms with Gasteiger partial charge in [-0.05, 0) is 38.3 Å². The number of aryl methyl sites for hydroxylation is 2. The monoisotopic (exact) mass is 320 g/mol. The number of benzene rings is 1. The van der Waals surface area contributed by atoms with Crippen LogP contribution in [0.5, 0.6) is 0 Å². The SMILES string of the molecule is Cc1nc(CC(CNC2CC2)c2ccccc2Cl)sc1C. The highest BCUT2D eigenvalue weighted by Gasteiger charge is 2.24. The molecule has 0 radical (unpaired) electrons. The van der Waals surface area contributed by atoms with Crippen molar-refractivity contribution >= 4 is 22.9 Å². The van der Waals surface area contributed by atoms with Crippen LogP contribution in [0.15, 0.2) is 24.3 Å². The van der Waals surface area contributed by atoms with Crippen LogP contribution in [0, 0.1) is 13.8 Å². The van der Waals surface area contributed by atoms with Crippen LogP contribution >= 0.6 is 22.9 Å². The molecule has 2 nitrogen and oxygen atoms in total. The third-order valence-corrected chi connectivity index (χ3v) is 5.51. The van der Waals surface area contributed by atoms with E-state index in [1.165, 1.54) is 28.3 Å². The summed E-state index contributed by atoms with van der Waals surface area (Å²) in [4.78, 5) is 6.01. The van der Waals surface area contributed by atoms with Crippen LogP contribution in [0.1, 0.15) is 39.9 Å². The molecule has 2 aromatic rings. The van der Waals surface area contributed by atoms with Crippen molar-refractivity contribution in [2.75, 3.05) is 6.54 Å². The predicted octanol–water partition coefficient (Wildman–Crippen LogP) is 4.49. The fraction of sp³-hybridized carbons (Fsp3) is 0.471. The summed E-state index contributed by atoms with van der Waals surface area (Å²) in [5.74, 6) is 0.393.